The van der Waals surface area contributed by atoms with E-state index in [0.717, 1.165) is 37.7 Å². The standard InChI is InChI=1S/C28H46ClN3O3/c1-21(30)26(18-22-10-4-3-5-11-22)31-27(33)32-16-9-13-24(20-32)28(34,15-6-7-17-35-2)23-12-8-14-25(29)19-23/h8,12,14,19,21-22,24,26,34H,3-7,9-11,13,15-18,20,30H2,1-2H3,(H,31,33)/t21-,24+,26-,28+/m0/s1. The summed E-state index contributed by atoms with van der Waals surface area (Å²) in [6.45, 7) is 3.89. The number of amides is 2. The second kappa shape index (κ2) is 13.8. The van der Waals surface area contributed by atoms with Gasteiger partial charge in [0.25, 0.3) is 0 Å². The molecule has 1 aromatic carbocycles. The van der Waals surface area contributed by atoms with Gasteiger partial charge in [-0.05, 0) is 69.1 Å². The topological polar surface area (TPSA) is 87.8 Å². The van der Waals surface area contributed by atoms with Gasteiger partial charge < -0.3 is 25.8 Å². The molecule has 35 heavy (non-hydrogen) atoms. The lowest BCUT2D eigenvalue weighted by Crippen LogP contribution is -2.55. The van der Waals surface area contributed by atoms with E-state index in [0.29, 0.717) is 37.1 Å². The molecule has 4 N–H and O–H groups in total. The fourth-order valence-electron chi connectivity index (χ4n) is 5.97. The summed E-state index contributed by atoms with van der Waals surface area (Å²) in [5.41, 5.74) is 6.09. The van der Waals surface area contributed by atoms with Crippen LogP contribution in [0.1, 0.15) is 83.1 Å². The van der Waals surface area contributed by atoms with Crippen molar-refractivity contribution in [1.29, 1.82) is 0 Å². The maximum atomic E-state index is 13.4. The molecule has 4 atom stereocenters. The molecule has 2 aliphatic rings. The summed E-state index contributed by atoms with van der Waals surface area (Å²) < 4.78 is 5.21. The van der Waals surface area contributed by atoms with Gasteiger partial charge in [-0.1, -0.05) is 55.8 Å². The van der Waals surface area contributed by atoms with Crippen LogP contribution in [-0.4, -0.2) is 54.9 Å². The van der Waals surface area contributed by atoms with Crippen molar-refractivity contribution >= 4 is 17.6 Å². The first-order valence-electron chi connectivity index (χ1n) is 13.6. The zero-order chi connectivity index (χ0) is 25.3. The summed E-state index contributed by atoms with van der Waals surface area (Å²) in [6, 6.07) is 7.38. The fourth-order valence-corrected chi connectivity index (χ4v) is 6.16. The van der Waals surface area contributed by atoms with Crippen molar-refractivity contribution in [1.82, 2.24) is 10.2 Å². The number of benzene rings is 1. The third kappa shape index (κ3) is 8.08. The zero-order valence-electron chi connectivity index (χ0n) is 21.7. The third-order valence-corrected chi connectivity index (χ3v) is 8.36. The molecule has 2 amide bonds. The number of likely N-dealkylation sites (tertiary alicyclic amines) is 1. The van der Waals surface area contributed by atoms with Gasteiger partial charge >= 0.3 is 6.03 Å². The Bertz CT molecular complexity index is 786. The number of carbonyl (C=O) groups is 1. The second-order valence-corrected chi connectivity index (χ2v) is 11.3. The van der Waals surface area contributed by atoms with E-state index in [4.69, 9.17) is 22.1 Å². The number of methoxy groups -OCH3 is 1. The minimum atomic E-state index is -1.04. The van der Waals surface area contributed by atoms with Gasteiger partial charge in [0.05, 0.1) is 5.60 Å². The quantitative estimate of drug-likeness (QED) is 0.347. The fraction of sp³-hybridized carbons (Fsp3) is 0.750. The number of urea groups is 1. The largest absolute Gasteiger partial charge is 0.385 e. The number of nitrogens with one attached hydrogen (secondary N) is 1. The molecule has 1 saturated heterocycles. The Morgan fingerprint density at radius 3 is 2.71 bits per heavy atom. The summed E-state index contributed by atoms with van der Waals surface area (Å²) in [5, 5.41) is 15.9. The number of halogens is 1. The van der Waals surface area contributed by atoms with E-state index in [1.807, 2.05) is 36.1 Å². The van der Waals surface area contributed by atoms with Crippen molar-refractivity contribution in [3.05, 3.63) is 34.9 Å². The summed E-state index contributed by atoms with van der Waals surface area (Å²) in [7, 11) is 1.70. The first kappa shape index (κ1) is 28.2. The molecule has 0 spiro atoms. The van der Waals surface area contributed by atoms with Gasteiger partial charge in [-0.15, -0.1) is 0 Å². The average molecular weight is 508 g/mol. The van der Waals surface area contributed by atoms with E-state index in [-0.39, 0.29) is 24.0 Å². The van der Waals surface area contributed by atoms with Crippen LogP contribution in [0, 0.1) is 11.8 Å². The maximum absolute atomic E-state index is 13.4. The SMILES string of the molecule is COCCCC[C@@](O)(c1cccc(Cl)c1)[C@@H]1CCCN(C(=O)N[C@@H](CC2CCCCC2)[C@H](C)N)C1. The van der Waals surface area contributed by atoms with Gasteiger partial charge in [0.15, 0.2) is 0 Å². The number of aliphatic hydroxyl groups is 1. The van der Waals surface area contributed by atoms with Crippen molar-refractivity contribution in [2.45, 2.75) is 95.2 Å². The van der Waals surface area contributed by atoms with E-state index < -0.39 is 5.60 Å². The molecular weight excluding hydrogens is 462 g/mol. The highest BCUT2D eigenvalue weighted by atomic mass is 35.5. The molecule has 6 nitrogen and oxygen atoms in total. The Balaban J connectivity index is 1.69. The van der Waals surface area contributed by atoms with E-state index in [1.165, 1.54) is 32.1 Å². The smallest absolute Gasteiger partial charge is 0.317 e. The number of hydrogen-bond acceptors (Lipinski definition) is 4. The van der Waals surface area contributed by atoms with Crippen molar-refractivity contribution in [2.75, 3.05) is 26.8 Å². The highest BCUT2D eigenvalue weighted by Crippen LogP contribution is 2.40. The summed E-state index contributed by atoms with van der Waals surface area (Å²) in [4.78, 5) is 15.2. The summed E-state index contributed by atoms with van der Waals surface area (Å²) in [5.74, 6) is 0.587. The Labute approximate surface area is 216 Å². The third-order valence-electron chi connectivity index (χ3n) is 8.12. The molecule has 1 aliphatic carbocycles. The number of hydrogen-bond donors (Lipinski definition) is 3. The molecule has 0 unspecified atom stereocenters. The lowest BCUT2D eigenvalue weighted by molar-refractivity contribution is -0.0564. The summed E-state index contributed by atoms with van der Waals surface area (Å²) in [6.07, 6.45) is 11.4. The number of nitrogens with zero attached hydrogens (tertiary/aromatic N) is 1. The van der Waals surface area contributed by atoms with Crippen LogP contribution in [0.2, 0.25) is 5.02 Å². The van der Waals surface area contributed by atoms with Crippen molar-refractivity contribution < 1.29 is 14.6 Å². The second-order valence-electron chi connectivity index (χ2n) is 10.8. The van der Waals surface area contributed by atoms with Gasteiger partial charge in [-0.3, -0.25) is 0 Å². The lowest BCUT2D eigenvalue weighted by Gasteiger charge is -2.43. The van der Waals surface area contributed by atoms with Crippen LogP contribution in [0.4, 0.5) is 4.79 Å². The number of carbonyl (C=O) groups excluding carboxylic acids is 1. The van der Waals surface area contributed by atoms with Crippen molar-refractivity contribution in [3.8, 4) is 0 Å². The lowest BCUT2D eigenvalue weighted by atomic mass is 9.74. The van der Waals surface area contributed by atoms with Gasteiger partial charge in [0.2, 0.25) is 0 Å². The molecule has 0 aromatic heterocycles. The van der Waals surface area contributed by atoms with Crippen LogP contribution in [-0.2, 0) is 10.3 Å². The molecule has 0 radical (unpaired) electrons. The Kier molecular flexibility index (Phi) is 11.2. The predicted molar refractivity (Wildman–Crippen MR) is 143 cm³/mol. The van der Waals surface area contributed by atoms with E-state index >= 15 is 0 Å². The van der Waals surface area contributed by atoms with Crippen molar-refractivity contribution in [3.63, 3.8) is 0 Å². The Morgan fingerprint density at radius 1 is 1.26 bits per heavy atom. The highest BCUT2D eigenvalue weighted by Gasteiger charge is 2.41. The molecule has 1 heterocycles. The molecule has 7 heteroatoms. The van der Waals surface area contributed by atoms with Gasteiger partial charge in [0, 0.05) is 49.8 Å². The molecule has 2 fully saturated rings. The zero-order valence-corrected chi connectivity index (χ0v) is 22.4. The minimum absolute atomic E-state index is 0.0214. The number of ether oxygens (including phenoxy) is 1. The maximum Gasteiger partial charge on any atom is 0.317 e. The van der Waals surface area contributed by atoms with Gasteiger partial charge in [-0.25, -0.2) is 4.79 Å². The normalized spacial score (nSPS) is 22.9. The first-order valence-corrected chi connectivity index (χ1v) is 14.0. The minimum Gasteiger partial charge on any atom is -0.385 e. The van der Waals surface area contributed by atoms with Crippen LogP contribution in [0.25, 0.3) is 0 Å². The molecule has 198 valence electrons. The van der Waals surface area contributed by atoms with Crippen LogP contribution in [0.5, 0.6) is 0 Å². The van der Waals surface area contributed by atoms with Crippen LogP contribution in [0.15, 0.2) is 24.3 Å². The highest BCUT2D eigenvalue weighted by molar-refractivity contribution is 6.30. The predicted octanol–water partition coefficient (Wildman–Crippen LogP) is 5.45. The number of rotatable bonds is 11. The van der Waals surface area contributed by atoms with Crippen LogP contribution < -0.4 is 11.1 Å². The first-order chi connectivity index (χ1) is 16.8. The van der Waals surface area contributed by atoms with Crippen LogP contribution in [0.3, 0.4) is 0 Å². The Hall–Kier alpha value is -1.34. The van der Waals surface area contributed by atoms with Gasteiger partial charge in [-0.2, -0.15) is 0 Å². The molecule has 1 aliphatic heterocycles. The number of nitrogens with two attached hydrogens (primary N) is 1. The average Bonchev–Trinajstić information content (AvgIpc) is 2.86. The molecule has 3 rings (SSSR count). The molecule has 1 aromatic rings. The van der Waals surface area contributed by atoms with E-state index in [9.17, 15) is 9.90 Å². The monoisotopic (exact) mass is 507 g/mol. The van der Waals surface area contributed by atoms with E-state index in [2.05, 4.69) is 5.32 Å². The molecular formula is C28H46ClN3O3. The van der Waals surface area contributed by atoms with E-state index in [1.54, 1.807) is 7.11 Å². The number of unbranched alkanes of at least 4 members (excludes halogenated alkanes) is 1. The number of piperidine rings is 1. The molecule has 1 saturated carbocycles. The Morgan fingerprint density at radius 2 is 2.03 bits per heavy atom. The van der Waals surface area contributed by atoms with Crippen molar-refractivity contribution in [2.24, 2.45) is 17.6 Å². The van der Waals surface area contributed by atoms with Crippen LogP contribution >= 0.6 is 11.6 Å². The molecule has 0 bridgehead atoms. The summed E-state index contributed by atoms with van der Waals surface area (Å²) >= 11 is 6.30. The van der Waals surface area contributed by atoms with Gasteiger partial charge in [0.1, 0.15) is 0 Å².